The molecule has 0 bridgehead atoms. The van der Waals surface area contributed by atoms with Crippen molar-refractivity contribution in [2.24, 2.45) is 4.99 Å². The molecule has 1 aliphatic heterocycles. The van der Waals surface area contributed by atoms with Gasteiger partial charge in [0.05, 0.1) is 52.7 Å². The summed E-state index contributed by atoms with van der Waals surface area (Å²) in [6.45, 7) is 3.65. The fourth-order valence-corrected chi connectivity index (χ4v) is 6.15. The fourth-order valence-electron chi connectivity index (χ4n) is 4.56. The number of hydrogen-bond acceptors (Lipinski definition) is 9. The molecule has 1 atom stereocenters. The lowest BCUT2D eigenvalue weighted by Gasteiger charge is -2.25. The van der Waals surface area contributed by atoms with E-state index in [0.717, 1.165) is 5.56 Å². The summed E-state index contributed by atoms with van der Waals surface area (Å²) in [5.74, 6) is 0.699. The number of thiazole rings is 1. The predicted molar refractivity (Wildman–Crippen MR) is 157 cm³/mol. The zero-order valence-electron chi connectivity index (χ0n) is 22.6. The van der Waals surface area contributed by atoms with Crippen molar-refractivity contribution >= 4 is 45.3 Å². The maximum absolute atomic E-state index is 13.8. The molecule has 11 heteroatoms. The van der Waals surface area contributed by atoms with E-state index < -0.39 is 18.0 Å². The van der Waals surface area contributed by atoms with Crippen molar-refractivity contribution in [3.63, 3.8) is 0 Å². The highest BCUT2D eigenvalue weighted by molar-refractivity contribution is 9.10. The van der Waals surface area contributed by atoms with Gasteiger partial charge >= 0.3 is 11.9 Å². The Balaban J connectivity index is 1.59. The van der Waals surface area contributed by atoms with Crippen molar-refractivity contribution in [1.29, 1.82) is 0 Å². The Kier molecular flexibility index (Phi) is 8.09. The molecule has 9 nitrogen and oxygen atoms in total. The minimum absolute atomic E-state index is 0.186. The molecule has 0 saturated carbocycles. The van der Waals surface area contributed by atoms with Crippen molar-refractivity contribution in [2.45, 2.75) is 19.9 Å². The zero-order chi connectivity index (χ0) is 29.3. The standard InChI is InChI=1S/C30H25BrN2O7S/c1-5-39-29(36)25-16(2)32-30-33(26(25)19-10-12-23(37-3)21(31)14-19)27(34)24(41-30)15-20-11-13-22(40-20)17-6-8-18(9-7-17)28(35)38-4/h6-15,26H,5H2,1-4H3/b24-15+/t26-/m0/s1. The Morgan fingerprint density at radius 2 is 1.85 bits per heavy atom. The molecule has 0 saturated heterocycles. The molecule has 5 rings (SSSR count). The number of allylic oxidation sites excluding steroid dienone is 1. The van der Waals surface area contributed by atoms with Crippen LogP contribution in [0, 0.1) is 0 Å². The van der Waals surface area contributed by atoms with Gasteiger partial charge in [-0.25, -0.2) is 14.6 Å². The van der Waals surface area contributed by atoms with Crippen LogP contribution in [0.3, 0.4) is 0 Å². The van der Waals surface area contributed by atoms with Crippen LogP contribution in [0.5, 0.6) is 5.75 Å². The van der Waals surface area contributed by atoms with Gasteiger partial charge in [-0.1, -0.05) is 29.5 Å². The highest BCUT2D eigenvalue weighted by Crippen LogP contribution is 2.35. The smallest absolute Gasteiger partial charge is 0.338 e. The maximum Gasteiger partial charge on any atom is 0.338 e. The van der Waals surface area contributed by atoms with Crippen molar-refractivity contribution in [2.75, 3.05) is 20.8 Å². The minimum atomic E-state index is -0.754. The normalized spacial score (nSPS) is 14.9. The molecule has 0 fully saturated rings. The molecule has 0 N–H and O–H groups in total. The van der Waals surface area contributed by atoms with Gasteiger partial charge in [0, 0.05) is 11.6 Å². The molecule has 1 aliphatic rings. The second-order valence-electron chi connectivity index (χ2n) is 8.97. The fraction of sp³-hybridized carbons (Fsp3) is 0.200. The number of furan rings is 1. The van der Waals surface area contributed by atoms with Gasteiger partial charge in [-0.15, -0.1) is 0 Å². The van der Waals surface area contributed by atoms with Gasteiger partial charge in [-0.2, -0.15) is 0 Å². The number of ether oxygens (including phenoxy) is 3. The quantitative estimate of drug-likeness (QED) is 0.272. The van der Waals surface area contributed by atoms with Crippen LogP contribution in [0.25, 0.3) is 17.4 Å². The number of halogens is 1. The number of fused-ring (bicyclic) bond motifs is 1. The lowest BCUT2D eigenvalue weighted by molar-refractivity contribution is -0.139. The van der Waals surface area contributed by atoms with E-state index in [-0.39, 0.29) is 12.2 Å². The van der Waals surface area contributed by atoms with Gasteiger partial charge in [-0.3, -0.25) is 9.36 Å². The first-order valence-corrected chi connectivity index (χ1v) is 14.2. The number of methoxy groups -OCH3 is 2. The van der Waals surface area contributed by atoms with Crippen LogP contribution < -0.4 is 19.6 Å². The third kappa shape index (κ3) is 5.42. The monoisotopic (exact) mass is 636 g/mol. The number of carbonyl (C=O) groups is 2. The van der Waals surface area contributed by atoms with E-state index in [1.807, 2.05) is 12.1 Å². The molecule has 0 aliphatic carbocycles. The van der Waals surface area contributed by atoms with Crippen LogP contribution in [0.4, 0.5) is 0 Å². The van der Waals surface area contributed by atoms with Gasteiger partial charge in [0.15, 0.2) is 4.80 Å². The third-order valence-corrected chi connectivity index (χ3v) is 8.10. The second-order valence-corrected chi connectivity index (χ2v) is 10.8. The molecular weight excluding hydrogens is 612 g/mol. The van der Waals surface area contributed by atoms with Crippen LogP contribution >= 0.6 is 27.3 Å². The molecule has 0 radical (unpaired) electrons. The number of carbonyl (C=O) groups excluding carboxylic acids is 2. The molecule has 2 aromatic carbocycles. The van der Waals surface area contributed by atoms with Gasteiger partial charge in [0.25, 0.3) is 5.56 Å². The summed E-state index contributed by atoms with van der Waals surface area (Å²) in [7, 11) is 2.89. The average Bonchev–Trinajstić information content (AvgIpc) is 3.56. The van der Waals surface area contributed by atoms with E-state index in [2.05, 4.69) is 20.9 Å². The second kappa shape index (κ2) is 11.7. The van der Waals surface area contributed by atoms with Crippen molar-refractivity contribution < 1.29 is 28.2 Å². The predicted octanol–water partition coefficient (Wildman–Crippen LogP) is 4.62. The van der Waals surface area contributed by atoms with E-state index in [4.69, 9.17) is 18.6 Å². The first-order chi connectivity index (χ1) is 19.7. The highest BCUT2D eigenvalue weighted by Gasteiger charge is 2.33. The number of nitrogens with zero attached hydrogens (tertiary/aromatic N) is 2. The number of esters is 2. The number of benzene rings is 2. The lowest BCUT2D eigenvalue weighted by Crippen LogP contribution is -2.39. The van der Waals surface area contributed by atoms with Gasteiger partial charge in [0.1, 0.15) is 17.3 Å². The van der Waals surface area contributed by atoms with E-state index in [1.165, 1.54) is 23.0 Å². The van der Waals surface area contributed by atoms with Crippen LogP contribution in [0.1, 0.15) is 41.6 Å². The van der Waals surface area contributed by atoms with E-state index in [9.17, 15) is 14.4 Å². The van der Waals surface area contributed by atoms with Gasteiger partial charge in [-0.05, 0) is 71.7 Å². The maximum atomic E-state index is 13.8. The molecule has 0 amide bonds. The van der Waals surface area contributed by atoms with Crippen molar-refractivity contribution in [1.82, 2.24) is 4.57 Å². The number of aromatic nitrogens is 1. The average molecular weight is 638 g/mol. The molecule has 41 heavy (non-hydrogen) atoms. The SMILES string of the molecule is CCOC(=O)C1=C(C)N=c2s/c(=C/c3ccc(-c4ccc(C(=O)OC)cc4)o3)c(=O)n2[C@H]1c1ccc(OC)c(Br)c1. The number of hydrogen-bond donors (Lipinski definition) is 0. The Morgan fingerprint density at radius 3 is 2.51 bits per heavy atom. The topological polar surface area (TPSA) is 109 Å². The molecule has 0 spiro atoms. The summed E-state index contributed by atoms with van der Waals surface area (Å²) in [6.07, 6.45) is 1.65. The summed E-state index contributed by atoms with van der Waals surface area (Å²) in [6, 6.07) is 15.0. The Labute approximate surface area is 247 Å². The van der Waals surface area contributed by atoms with E-state index in [0.29, 0.717) is 53.5 Å². The number of rotatable bonds is 7. The molecule has 3 heterocycles. The van der Waals surface area contributed by atoms with Crippen LogP contribution in [0.2, 0.25) is 0 Å². The first-order valence-electron chi connectivity index (χ1n) is 12.6. The molecule has 210 valence electrons. The third-order valence-electron chi connectivity index (χ3n) is 6.50. The summed E-state index contributed by atoms with van der Waals surface area (Å²) < 4.78 is 24.1. The van der Waals surface area contributed by atoms with E-state index >= 15 is 0 Å². The van der Waals surface area contributed by atoms with Crippen molar-refractivity contribution in [3.8, 4) is 17.1 Å². The summed E-state index contributed by atoms with van der Waals surface area (Å²) in [5.41, 5.74) is 2.33. The van der Waals surface area contributed by atoms with Crippen molar-refractivity contribution in [3.05, 3.63) is 107 Å². The van der Waals surface area contributed by atoms with E-state index in [1.54, 1.807) is 69.5 Å². The van der Waals surface area contributed by atoms with Gasteiger partial charge in [0.2, 0.25) is 0 Å². The summed E-state index contributed by atoms with van der Waals surface area (Å²) in [5, 5.41) is 0. The minimum Gasteiger partial charge on any atom is -0.496 e. The summed E-state index contributed by atoms with van der Waals surface area (Å²) in [4.78, 5) is 43.7. The largest absolute Gasteiger partial charge is 0.496 e. The molecule has 4 aromatic rings. The van der Waals surface area contributed by atoms with Crippen LogP contribution in [0.15, 0.2) is 84.5 Å². The van der Waals surface area contributed by atoms with Crippen LogP contribution in [-0.2, 0) is 14.3 Å². The highest BCUT2D eigenvalue weighted by atomic mass is 79.9. The first kappa shape index (κ1) is 28.3. The molecule has 2 aromatic heterocycles. The Bertz CT molecular complexity index is 1870. The Morgan fingerprint density at radius 1 is 1.10 bits per heavy atom. The molecular formula is C30H25BrN2O7S. The Hall–Kier alpha value is -4.22. The molecule has 0 unspecified atom stereocenters. The van der Waals surface area contributed by atoms with Crippen LogP contribution in [-0.4, -0.2) is 37.3 Å². The lowest BCUT2D eigenvalue weighted by atomic mass is 9.96. The summed E-state index contributed by atoms with van der Waals surface area (Å²) >= 11 is 4.72. The zero-order valence-corrected chi connectivity index (χ0v) is 25.0. The van der Waals surface area contributed by atoms with Gasteiger partial charge < -0.3 is 18.6 Å².